The smallest absolute Gasteiger partial charge is 0.410 e. The molecule has 1 aromatic heterocycles. The number of benzene rings is 1. The van der Waals surface area contributed by atoms with E-state index in [-0.39, 0.29) is 17.9 Å². The average molecular weight is 372 g/mol. The number of aromatic nitrogens is 2. The van der Waals surface area contributed by atoms with Crippen LogP contribution in [0.15, 0.2) is 24.3 Å². The van der Waals surface area contributed by atoms with Crippen molar-refractivity contribution in [2.45, 2.75) is 39.2 Å². The fraction of sp³-hybridized carbons (Fsp3) is 0.550. The van der Waals surface area contributed by atoms with E-state index in [1.807, 2.05) is 49.9 Å². The molecule has 146 valence electrons. The molecule has 7 heteroatoms. The number of carbonyl (C=O) groups is 2. The summed E-state index contributed by atoms with van der Waals surface area (Å²) in [6.45, 7) is 7.47. The van der Waals surface area contributed by atoms with Gasteiger partial charge in [0.2, 0.25) is 0 Å². The van der Waals surface area contributed by atoms with Crippen molar-refractivity contribution in [1.82, 2.24) is 20.0 Å². The van der Waals surface area contributed by atoms with Gasteiger partial charge >= 0.3 is 6.09 Å². The Hall–Kier alpha value is -2.57. The summed E-state index contributed by atoms with van der Waals surface area (Å²) in [7, 11) is 1.75. The number of amides is 2. The summed E-state index contributed by atoms with van der Waals surface area (Å²) >= 11 is 0. The fourth-order valence-corrected chi connectivity index (χ4v) is 3.48. The first kappa shape index (κ1) is 19.2. The summed E-state index contributed by atoms with van der Waals surface area (Å²) in [6.07, 6.45) is 1.57. The molecule has 1 saturated heterocycles. The summed E-state index contributed by atoms with van der Waals surface area (Å²) in [4.78, 5) is 28.6. The number of carbonyl (C=O) groups excluding carboxylic acids is 2. The molecule has 0 saturated carbocycles. The second kappa shape index (κ2) is 7.58. The minimum Gasteiger partial charge on any atom is -0.444 e. The lowest BCUT2D eigenvalue weighted by Crippen LogP contribution is -2.45. The predicted molar refractivity (Wildman–Crippen MR) is 104 cm³/mol. The summed E-state index contributed by atoms with van der Waals surface area (Å²) in [5, 5.41) is 7.99. The van der Waals surface area contributed by atoms with Crippen LogP contribution in [0.2, 0.25) is 0 Å². The number of likely N-dealkylation sites (tertiary alicyclic amines) is 1. The van der Waals surface area contributed by atoms with Crippen LogP contribution in [0.1, 0.15) is 44.1 Å². The third-order valence-electron chi connectivity index (χ3n) is 4.72. The largest absolute Gasteiger partial charge is 0.444 e. The van der Waals surface area contributed by atoms with Gasteiger partial charge in [-0.15, -0.1) is 0 Å². The number of nitrogens with one attached hydrogen (secondary N) is 1. The lowest BCUT2D eigenvalue weighted by Gasteiger charge is -2.34. The quantitative estimate of drug-likeness (QED) is 0.897. The highest BCUT2D eigenvalue weighted by atomic mass is 16.6. The number of ether oxygens (including phenoxy) is 1. The number of hydrogen-bond donors (Lipinski definition) is 1. The Kier molecular flexibility index (Phi) is 5.39. The molecule has 0 spiro atoms. The average Bonchev–Trinajstić information content (AvgIpc) is 3.04. The highest BCUT2D eigenvalue weighted by molar-refractivity contribution is 6.04. The van der Waals surface area contributed by atoms with E-state index in [2.05, 4.69) is 10.2 Å². The van der Waals surface area contributed by atoms with Crippen LogP contribution in [0.25, 0.3) is 10.9 Å². The fourth-order valence-electron chi connectivity index (χ4n) is 3.48. The molecule has 2 amide bonds. The zero-order chi connectivity index (χ0) is 19.6. The second-order valence-electron chi connectivity index (χ2n) is 8.24. The lowest BCUT2D eigenvalue weighted by molar-refractivity contribution is 0.0244. The van der Waals surface area contributed by atoms with Crippen molar-refractivity contribution < 1.29 is 14.3 Å². The molecule has 7 nitrogen and oxygen atoms in total. The maximum Gasteiger partial charge on any atom is 0.410 e. The Morgan fingerprint density at radius 2 is 2.07 bits per heavy atom. The molecule has 1 fully saturated rings. The van der Waals surface area contributed by atoms with Crippen LogP contribution in [-0.4, -0.2) is 64.3 Å². The molecule has 1 aliphatic heterocycles. The molecule has 1 atom stereocenters. The Morgan fingerprint density at radius 3 is 2.81 bits per heavy atom. The van der Waals surface area contributed by atoms with Gasteiger partial charge in [0, 0.05) is 32.1 Å². The van der Waals surface area contributed by atoms with E-state index in [9.17, 15) is 9.59 Å². The van der Waals surface area contributed by atoms with E-state index in [0.717, 1.165) is 23.7 Å². The van der Waals surface area contributed by atoms with E-state index in [1.54, 1.807) is 11.9 Å². The highest BCUT2D eigenvalue weighted by Gasteiger charge is 2.29. The zero-order valence-corrected chi connectivity index (χ0v) is 16.5. The minimum absolute atomic E-state index is 0.0583. The number of piperidine rings is 1. The van der Waals surface area contributed by atoms with Crippen LogP contribution in [-0.2, 0) is 4.74 Å². The van der Waals surface area contributed by atoms with Crippen molar-refractivity contribution in [3.8, 4) is 0 Å². The Bertz CT molecular complexity index is 824. The van der Waals surface area contributed by atoms with Gasteiger partial charge in [-0.1, -0.05) is 18.2 Å². The summed E-state index contributed by atoms with van der Waals surface area (Å²) in [6, 6.07) is 7.64. The van der Waals surface area contributed by atoms with Crippen molar-refractivity contribution in [1.29, 1.82) is 0 Å². The summed E-state index contributed by atoms with van der Waals surface area (Å²) in [5.41, 5.74) is 0.812. The van der Waals surface area contributed by atoms with Crippen LogP contribution in [0, 0.1) is 5.92 Å². The molecule has 0 radical (unpaired) electrons. The van der Waals surface area contributed by atoms with Gasteiger partial charge in [0.15, 0.2) is 5.69 Å². The summed E-state index contributed by atoms with van der Waals surface area (Å²) in [5.74, 6) is 0.169. The van der Waals surface area contributed by atoms with Gasteiger partial charge in [0.05, 0.1) is 5.52 Å². The molecule has 1 aromatic carbocycles. The van der Waals surface area contributed by atoms with Crippen LogP contribution in [0.3, 0.4) is 0 Å². The topological polar surface area (TPSA) is 78.5 Å². The van der Waals surface area contributed by atoms with Crippen LogP contribution in [0.5, 0.6) is 0 Å². The van der Waals surface area contributed by atoms with Crippen molar-refractivity contribution in [3.63, 3.8) is 0 Å². The third kappa shape index (κ3) is 4.59. The molecule has 2 heterocycles. The molecular formula is C20H28N4O3. The molecule has 2 aromatic rings. The highest BCUT2D eigenvalue weighted by Crippen LogP contribution is 2.22. The van der Waals surface area contributed by atoms with E-state index in [0.29, 0.717) is 25.3 Å². The van der Waals surface area contributed by atoms with Crippen molar-refractivity contribution in [2.75, 3.05) is 26.7 Å². The first-order valence-corrected chi connectivity index (χ1v) is 9.41. The molecule has 3 rings (SSSR count). The van der Waals surface area contributed by atoms with E-state index in [4.69, 9.17) is 4.74 Å². The van der Waals surface area contributed by atoms with E-state index < -0.39 is 5.60 Å². The lowest BCUT2D eigenvalue weighted by atomic mass is 9.97. The molecule has 27 heavy (non-hydrogen) atoms. The molecule has 0 aliphatic carbocycles. The Labute approximate surface area is 159 Å². The number of rotatable bonds is 3. The maximum atomic E-state index is 13.0. The minimum atomic E-state index is -0.513. The predicted octanol–water partition coefficient (Wildman–Crippen LogP) is 3.28. The Balaban J connectivity index is 1.64. The number of para-hydroxylation sites is 1. The number of hydrogen-bond acceptors (Lipinski definition) is 4. The maximum absolute atomic E-state index is 13.0. The number of nitrogens with zero attached hydrogens (tertiary/aromatic N) is 3. The van der Waals surface area contributed by atoms with Gasteiger partial charge in [-0.2, -0.15) is 5.10 Å². The van der Waals surface area contributed by atoms with Gasteiger partial charge in [0.25, 0.3) is 5.91 Å². The van der Waals surface area contributed by atoms with Crippen LogP contribution in [0.4, 0.5) is 4.79 Å². The third-order valence-corrected chi connectivity index (χ3v) is 4.72. The normalized spacial score (nSPS) is 17.8. The number of H-pyrrole nitrogens is 1. The van der Waals surface area contributed by atoms with Crippen molar-refractivity contribution in [2.24, 2.45) is 5.92 Å². The number of aromatic amines is 1. The Morgan fingerprint density at radius 1 is 1.33 bits per heavy atom. The van der Waals surface area contributed by atoms with Gasteiger partial charge in [-0.3, -0.25) is 9.89 Å². The monoisotopic (exact) mass is 372 g/mol. The van der Waals surface area contributed by atoms with Gasteiger partial charge in [-0.05, 0) is 45.6 Å². The molecule has 1 N–H and O–H groups in total. The first-order chi connectivity index (χ1) is 12.7. The molecule has 0 bridgehead atoms. The standard InChI is InChI=1S/C20H28N4O3/c1-20(2,3)27-19(26)23(4)12-14-8-7-11-24(13-14)18(25)17-15-9-5-6-10-16(15)21-22-17/h5-6,9-10,14H,7-8,11-13H2,1-4H3,(H,21,22). The van der Waals surface area contributed by atoms with Gasteiger partial charge in [-0.25, -0.2) is 4.79 Å². The van der Waals surface area contributed by atoms with Crippen LogP contribution >= 0.6 is 0 Å². The van der Waals surface area contributed by atoms with E-state index >= 15 is 0 Å². The van der Waals surface area contributed by atoms with E-state index in [1.165, 1.54) is 0 Å². The summed E-state index contributed by atoms with van der Waals surface area (Å²) < 4.78 is 5.41. The second-order valence-corrected chi connectivity index (χ2v) is 8.24. The van der Waals surface area contributed by atoms with Gasteiger partial charge < -0.3 is 14.5 Å². The number of fused-ring (bicyclic) bond motifs is 1. The first-order valence-electron chi connectivity index (χ1n) is 9.41. The van der Waals surface area contributed by atoms with Crippen molar-refractivity contribution >= 4 is 22.9 Å². The molecule has 1 aliphatic rings. The van der Waals surface area contributed by atoms with Crippen LogP contribution < -0.4 is 0 Å². The van der Waals surface area contributed by atoms with Crippen molar-refractivity contribution in [3.05, 3.63) is 30.0 Å². The SMILES string of the molecule is CN(CC1CCCN(C(=O)c2n[nH]c3ccccc23)C1)C(=O)OC(C)(C)C. The zero-order valence-electron chi connectivity index (χ0n) is 16.5. The molecule has 1 unspecified atom stereocenters. The molecular weight excluding hydrogens is 344 g/mol. The van der Waals surface area contributed by atoms with Gasteiger partial charge in [0.1, 0.15) is 5.60 Å².